The smallest absolute Gasteiger partial charge is 1.00 e. The molecule has 3 N–H and O–H groups in total. The number of carboxylic acid groups (broad SMARTS) is 2. The van der Waals surface area contributed by atoms with Crippen molar-refractivity contribution in [3.05, 3.63) is 32.1 Å². The Hall–Kier alpha value is -1.38. The summed E-state index contributed by atoms with van der Waals surface area (Å²) >= 11 is 0. The van der Waals surface area contributed by atoms with Crippen molar-refractivity contribution in [3.63, 3.8) is 0 Å². The third kappa shape index (κ3) is 3.45. The second-order valence-electron chi connectivity index (χ2n) is 4.76. The third-order valence-corrected chi connectivity index (χ3v) is 3.50. The van der Waals surface area contributed by atoms with Gasteiger partial charge >= 0.3 is 47.2 Å². The Balaban J connectivity index is 0.00000220. The van der Waals surface area contributed by atoms with Crippen LogP contribution in [0.25, 0.3) is 0 Å². The fourth-order valence-electron chi connectivity index (χ4n) is 2.65. The van der Waals surface area contributed by atoms with Crippen molar-refractivity contribution >= 4 is 11.9 Å². The van der Waals surface area contributed by atoms with Crippen molar-refractivity contribution in [3.8, 4) is 0 Å². The Morgan fingerprint density at radius 2 is 1.67 bits per heavy atom. The van der Waals surface area contributed by atoms with Crippen LogP contribution in [0.5, 0.6) is 0 Å². The first-order valence-corrected chi connectivity index (χ1v) is 6.29. The molecule has 0 aromatic carbocycles. The van der Waals surface area contributed by atoms with E-state index in [0.29, 0.717) is 12.8 Å². The molecule has 0 atom stereocenters. The number of hydrogen-bond acceptors (Lipinski definition) is 4. The number of nitrogens with zero attached hydrogens (tertiary/aromatic N) is 1. The average molecular weight is 306 g/mol. The van der Waals surface area contributed by atoms with Crippen LogP contribution in [-0.4, -0.2) is 31.7 Å². The van der Waals surface area contributed by atoms with Gasteiger partial charge in [0.05, 0.1) is 0 Å². The van der Waals surface area contributed by atoms with Crippen LogP contribution in [0.1, 0.15) is 60.4 Å². The van der Waals surface area contributed by atoms with Gasteiger partial charge in [-0.3, -0.25) is 14.3 Å². The Kier molecular flexibility index (Phi) is 5.94. The molecule has 0 amide bonds. The molecule has 0 aliphatic heterocycles. The minimum absolute atomic E-state index is 0. The van der Waals surface area contributed by atoms with Crippen LogP contribution in [0.4, 0.5) is 0 Å². The molecule has 1 saturated carbocycles. The van der Waals surface area contributed by atoms with Crippen LogP contribution >= 0.6 is 0 Å². The number of rotatable bonds is 3. The van der Waals surface area contributed by atoms with Crippen molar-refractivity contribution in [2.45, 2.75) is 38.1 Å². The minimum atomic E-state index is -1.66. The second-order valence-corrected chi connectivity index (χ2v) is 4.76. The zero-order valence-electron chi connectivity index (χ0n) is 12.6. The van der Waals surface area contributed by atoms with E-state index in [1.54, 1.807) is 0 Å². The minimum Gasteiger partial charge on any atom is -1.00 e. The zero-order valence-corrected chi connectivity index (χ0v) is 13.6. The van der Waals surface area contributed by atoms with Gasteiger partial charge in [0.15, 0.2) is 11.3 Å². The maximum Gasteiger partial charge on any atom is 1.00 e. The first-order chi connectivity index (χ1) is 9.43. The van der Waals surface area contributed by atoms with E-state index < -0.39 is 40.5 Å². The Morgan fingerprint density at radius 3 is 2.14 bits per heavy atom. The van der Waals surface area contributed by atoms with Gasteiger partial charge in [0.25, 0.3) is 5.56 Å². The van der Waals surface area contributed by atoms with Gasteiger partial charge in [-0.2, -0.15) is 0 Å². The number of hydrogen-bond donors (Lipinski definition) is 3. The van der Waals surface area contributed by atoms with E-state index in [9.17, 15) is 24.3 Å². The molecule has 1 aliphatic rings. The molecule has 110 valence electrons. The molecule has 0 saturated heterocycles. The third-order valence-electron chi connectivity index (χ3n) is 3.50. The van der Waals surface area contributed by atoms with E-state index in [1.807, 2.05) is 4.98 Å². The van der Waals surface area contributed by atoms with Gasteiger partial charge < -0.3 is 11.6 Å². The molecule has 0 unspecified atom stereocenters. The summed E-state index contributed by atoms with van der Waals surface area (Å²) in [5, 5.41) is 18.2. The Labute approximate surface area is 142 Å². The summed E-state index contributed by atoms with van der Waals surface area (Å²) in [7, 11) is 0. The molecule has 9 heteroatoms. The van der Waals surface area contributed by atoms with Crippen molar-refractivity contribution < 1.29 is 50.8 Å². The number of nitrogens with one attached hydrogen (secondary N) is 1. The van der Waals surface area contributed by atoms with Crippen LogP contribution in [0.3, 0.4) is 0 Å². The van der Waals surface area contributed by atoms with E-state index >= 15 is 0 Å². The first-order valence-electron chi connectivity index (χ1n) is 6.29. The van der Waals surface area contributed by atoms with Crippen LogP contribution in [0, 0.1) is 0 Å². The molecule has 0 radical (unpaired) electrons. The van der Waals surface area contributed by atoms with Crippen LogP contribution in [0.2, 0.25) is 0 Å². The first kappa shape index (κ1) is 17.7. The molecule has 8 nitrogen and oxygen atoms in total. The van der Waals surface area contributed by atoms with Gasteiger partial charge in [-0.15, -0.1) is 0 Å². The van der Waals surface area contributed by atoms with Gasteiger partial charge in [0, 0.05) is 6.04 Å². The number of aromatic carboxylic acids is 2. The zero-order chi connectivity index (χ0) is 14.9. The standard InChI is InChI=1S/C12H14N2O6.Na.H/c15-9-7(10(16)17)8(11(18)19)14(12(20)13-9)6-4-2-1-3-5-6;;/h6H,1-5H2,(H,16,17)(H,18,19)(H,13,15,20);;/q;+1;-1. The summed E-state index contributed by atoms with van der Waals surface area (Å²) < 4.78 is 0.909. The summed E-state index contributed by atoms with van der Waals surface area (Å²) in [6.07, 6.45) is 3.83. The van der Waals surface area contributed by atoms with Crippen LogP contribution in [0.15, 0.2) is 9.59 Å². The SMILES string of the molecule is O=C(O)c1c(C(=O)O)n(C2CCCCC2)c(=O)[nH]c1=O.[H-].[Na+]. The quantitative estimate of drug-likeness (QED) is 0.532. The summed E-state index contributed by atoms with van der Waals surface area (Å²) in [4.78, 5) is 47.7. The molecule has 0 bridgehead atoms. The van der Waals surface area contributed by atoms with E-state index in [2.05, 4.69) is 0 Å². The summed E-state index contributed by atoms with van der Waals surface area (Å²) in [5.74, 6) is -3.25. The number of carboxylic acids is 2. The number of aromatic amines is 1. The molecule has 2 rings (SSSR count). The number of carbonyl (C=O) groups is 2. The molecule has 1 heterocycles. The van der Waals surface area contributed by atoms with Gasteiger partial charge in [-0.05, 0) is 12.8 Å². The molecule has 1 fully saturated rings. The largest absolute Gasteiger partial charge is 1.00 e. The monoisotopic (exact) mass is 306 g/mol. The molecule has 0 spiro atoms. The van der Waals surface area contributed by atoms with Gasteiger partial charge in [0.2, 0.25) is 0 Å². The Bertz CT molecular complexity index is 677. The van der Waals surface area contributed by atoms with E-state index in [0.717, 1.165) is 23.8 Å². The van der Waals surface area contributed by atoms with Crippen LogP contribution < -0.4 is 40.8 Å². The van der Waals surface area contributed by atoms with E-state index in [1.165, 1.54) is 0 Å². The molecule has 21 heavy (non-hydrogen) atoms. The van der Waals surface area contributed by atoms with Crippen molar-refractivity contribution in [1.29, 1.82) is 0 Å². The second kappa shape index (κ2) is 7.06. The summed E-state index contributed by atoms with van der Waals surface area (Å²) in [6.45, 7) is 0. The topological polar surface area (TPSA) is 129 Å². The normalized spacial score (nSPS) is 15.2. The van der Waals surface area contributed by atoms with Gasteiger partial charge in [0.1, 0.15) is 0 Å². The van der Waals surface area contributed by atoms with Gasteiger partial charge in [-0.1, -0.05) is 19.3 Å². The fourth-order valence-corrected chi connectivity index (χ4v) is 2.65. The average Bonchev–Trinajstić information content (AvgIpc) is 2.38. The summed E-state index contributed by atoms with van der Waals surface area (Å²) in [6, 6.07) is -0.391. The maximum absolute atomic E-state index is 11.9. The molecular weight excluding hydrogens is 291 g/mol. The Morgan fingerprint density at radius 1 is 1.10 bits per heavy atom. The summed E-state index contributed by atoms with van der Waals surface area (Å²) in [5.41, 5.74) is -3.70. The molecule has 1 aliphatic carbocycles. The van der Waals surface area contributed by atoms with Crippen LogP contribution in [-0.2, 0) is 0 Å². The predicted octanol–water partition coefficient (Wildman–Crippen LogP) is -2.45. The maximum atomic E-state index is 11.9. The molecular formula is C12H15N2NaO6. The fraction of sp³-hybridized carbons (Fsp3) is 0.500. The van der Waals surface area contributed by atoms with E-state index in [-0.39, 0.29) is 31.0 Å². The van der Waals surface area contributed by atoms with Crippen molar-refractivity contribution in [2.24, 2.45) is 0 Å². The van der Waals surface area contributed by atoms with Crippen molar-refractivity contribution in [1.82, 2.24) is 9.55 Å². The number of H-pyrrole nitrogens is 1. The van der Waals surface area contributed by atoms with E-state index in [4.69, 9.17) is 5.11 Å². The number of aromatic nitrogens is 2. The molecule has 1 aromatic rings. The molecule has 1 aromatic heterocycles. The van der Waals surface area contributed by atoms with Crippen molar-refractivity contribution in [2.75, 3.05) is 0 Å². The van der Waals surface area contributed by atoms with Gasteiger partial charge in [-0.25, -0.2) is 14.4 Å². The predicted molar refractivity (Wildman–Crippen MR) is 68.5 cm³/mol.